The van der Waals surface area contributed by atoms with E-state index in [1.807, 2.05) is 0 Å². The van der Waals surface area contributed by atoms with Crippen molar-refractivity contribution in [3.8, 4) is 11.1 Å². The third-order valence-electron chi connectivity index (χ3n) is 10.6. The quantitative estimate of drug-likeness (QED) is 0.204. The SMILES string of the molecule is CC1(C)c2ccccc2N(c2cccc3ccccc23)c2ccc(-c3ccc(Nc4cccc5ccccc45)c([C@@H]4C=CC=CC4)c3)cc21. The molecular formula is C47H38N2. The number of nitrogens with zero attached hydrogens (tertiary/aromatic N) is 1. The van der Waals surface area contributed by atoms with E-state index in [2.05, 4.69) is 194 Å². The van der Waals surface area contributed by atoms with Crippen LogP contribution in [0.4, 0.5) is 28.4 Å². The lowest BCUT2D eigenvalue weighted by atomic mass is 9.72. The number of nitrogens with one attached hydrogen (secondary N) is 1. The van der Waals surface area contributed by atoms with Crippen molar-refractivity contribution in [1.82, 2.24) is 0 Å². The maximum Gasteiger partial charge on any atom is 0.0540 e. The highest BCUT2D eigenvalue weighted by Gasteiger charge is 2.37. The summed E-state index contributed by atoms with van der Waals surface area (Å²) in [5, 5.41) is 8.81. The molecule has 0 saturated heterocycles. The number of allylic oxidation sites excluding steroid dienone is 4. The molecule has 49 heavy (non-hydrogen) atoms. The van der Waals surface area contributed by atoms with Gasteiger partial charge in [-0.2, -0.15) is 0 Å². The third kappa shape index (κ3) is 4.95. The fraction of sp³-hybridized carbons (Fsp3) is 0.106. The Labute approximate surface area is 288 Å². The second kappa shape index (κ2) is 11.7. The number of rotatable bonds is 5. The number of hydrogen-bond donors (Lipinski definition) is 1. The monoisotopic (exact) mass is 630 g/mol. The minimum atomic E-state index is -0.182. The molecule has 0 radical (unpaired) electrons. The summed E-state index contributed by atoms with van der Waals surface area (Å²) in [6.07, 6.45) is 9.94. The average molecular weight is 631 g/mol. The van der Waals surface area contributed by atoms with Crippen molar-refractivity contribution in [3.63, 3.8) is 0 Å². The predicted molar refractivity (Wildman–Crippen MR) is 209 cm³/mol. The van der Waals surface area contributed by atoms with Gasteiger partial charge in [0.15, 0.2) is 0 Å². The molecule has 0 spiro atoms. The van der Waals surface area contributed by atoms with Gasteiger partial charge < -0.3 is 10.2 Å². The number of anilines is 5. The minimum Gasteiger partial charge on any atom is -0.355 e. The van der Waals surface area contributed by atoms with Crippen molar-refractivity contribution in [1.29, 1.82) is 0 Å². The largest absolute Gasteiger partial charge is 0.355 e. The van der Waals surface area contributed by atoms with Gasteiger partial charge in [0.2, 0.25) is 0 Å². The maximum atomic E-state index is 3.84. The molecule has 1 atom stereocenters. The summed E-state index contributed by atoms with van der Waals surface area (Å²) in [5.74, 6) is 0.297. The summed E-state index contributed by atoms with van der Waals surface area (Å²) in [5.41, 5.74) is 12.2. The van der Waals surface area contributed by atoms with Crippen LogP contribution in [-0.2, 0) is 5.41 Å². The Morgan fingerprint density at radius 1 is 0.551 bits per heavy atom. The molecule has 0 aromatic heterocycles. The van der Waals surface area contributed by atoms with Gasteiger partial charge in [0.1, 0.15) is 0 Å². The Kier molecular flexibility index (Phi) is 6.98. The van der Waals surface area contributed by atoms with Crippen LogP contribution in [0.3, 0.4) is 0 Å². The molecule has 9 rings (SSSR count). The molecule has 1 aliphatic carbocycles. The second-order valence-electron chi connectivity index (χ2n) is 13.8. The van der Waals surface area contributed by atoms with Crippen LogP contribution in [0.5, 0.6) is 0 Å². The Hall–Kier alpha value is -5.86. The zero-order valence-corrected chi connectivity index (χ0v) is 27.9. The topological polar surface area (TPSA) is 15.3 Å². The molecule has 236 valence electrons. The minimum absolute atomic E-state index is 0.182. The summed E-state index contributed by atoms with van der Waals surface area (Å²) in [4.78, 5) is 2.48. The summed E-state index contributed by atoms with van der Waals surface area (Å²) in [6, 6.07) is 53.4. The molecule has 0 amide bonds. The van der Waals surface area contributed by atoms with Crippen LogP contribution < -0.4 is 10.2 Å². The number of para-hydroxylation sites is 1. The van der Waals surface area contributed by atoms with Gasteiger partial charge in [-0.05, 0) is 87.5 Å². The summed E-state index contributed by atoms with van der Waals surface area (Å²) >= 11 is 0. The van der Waals surface area contributed by atoms with Crippen LogP contribution in [-0.4, -0.2) is 0 Å². The molecule has 0 unspecified atom stereocenters. The first-order chi connectivity index (χ1) is 24.1. The maximum absolute atomic E-state index is 3.84. The van der Waals surface area contributed by atoms with Gasteiger partial charge >= 0.3 is 0 Å². The van der Waals surface area contributed by atoms with Crippen LogP contribution in [0.2, 0.25) is 0 Å². The van der Waals surface area contributed by atoms with Crippen molar-refractivity contribution < 1.29 is 0 Å². The zero-order valence-electron chi connectivity index (χ0n) is 27.9. The number of fused-ring (bicyclic) bond motifs is 4. The highest BCUT2D eigenvalue weighted by atomic mass is 15.2. The van der Waals surface area contributed by atoms with Crippen molar-refractivity contribution >= 4 is 50.0 Å². The van der Waals surface area contributed by atoms with Gasteiger partial charge in [-0.3, -0.25) is 0 Å². The van der Waals surface area contributed by atoms with Gasteiger partial charge in [0.25, 0.3) is 0 Å². The summed E-state index contributed by atoms with van der Waals surface area (Å²) in [6.45, 7) is 4.74. The van der Waals surface area contributed by atoms with Gasteiger partial charge in [-0.25, -0.2) is 0 Å². The fourth-order valence-corrected chi connectivity index (χ4v) is 8.00. The highest BCUT2D eigenvalue weighted by molar-refractivity contribution is 6.01. The van der Waals surface area contributed by atoms with Crippen molar-refractivity contribution in [2.75, 3.05) is 10.2 Å². The van der Waals surface area contributed by atoms with Gasteiger partial charge in [0.05, 0.1) is 17.1 Å². The van der Waals surface area contributed by atoms with Gasteiger partial charge in [-0.15, -0.1) is 0 Å². The predicted octanol–water partition coefficient (Wildman–Crippen LogP) is 13.1. The smallest absolute Gasteiger partial charge is 0.0540 e. The zero-order chi connectivity index (χ0) is 33.0. The molecule has 1 aliphatic heterocycles. The molecule has 2 heteroatoms. The Balaban J connectivity index is 1.18. The molecule has 1 heterocycles. The summed E-state index contributed by atoms with van der Waals surface area (Å²) in [7, 11) is 0. The lowest BCUT2D eigenvalue weighted by Crippen LogP contribution is -2.30. The third-order valence-corrected chi connectivity index (χ3v) is 10.6. The van der Waals surface area contributed by atoms with Crippen molar-refractivity contribution in [2.45, 2.75) is 31.6 Å². The molecule has 0 saturated carbocycles. The molecule has 7 aromatic rings. The van der Waals surface area contributed by atoms with Crippen LogP contribution in [0, 0.1) is 0 Å². The molecule has 2 aliphatic rings. The standard InChI is InChI=1S/C47H38N2/c1-47(2)40-22-10-11-24-45(40)49(44-25-13-19-33-17-7-9-21-38(33)44)46-29-27-36(31-41(46)47)35-26-28-43(39(30-35)34-14-4-3-5-15-34)48-42-23-12-18-32-16-6-8-20-37(32)42/h3-14,16-31,34,48H,15H2,1-2H3/t34-/m1/s1. The highest BCUT2D eigenvalue weighted by Crippen LogP contribution is 2.53. The van der Waals surface area contributed by atoms with E-state index in [0.29, 0.717) is 5.92 Å². The first kappa shape index (κ1) is 29.3. The molecular weight excluding hydrogens is 593 g/mol. The first-order valence-electron chi connectivity index (χ1n) is 17.3. The fourth-order valence-electron chi connectivity index (χ4n) is 8.00. The van der Waals surface area contributed by atoms with E-state index in [-0.39, 0.29) is 5.41 Å². The van der Waals surface area contributed by atoms with E-state index in [4.69, 9.17) is 0 Å². The van der Waals surface area contributed by atoms with E-state index in [9.17, 15) is 0 Å². The summed E-state index contributed by atoms with van der Waals surface area (Å²) < 4.78 is 0. The average Bonchev–Trinajstić information content (AvgIpc) is 3.16. The van der Waals surface area contributed by atoms with E-state index < -0.39 is 0 Å². The van der Waals surface area contributed by atoms with Crippen LogP contribution >= 0.6 is 0 Å². The Morgan fingerprint density at radius 3 is 2.04 bits per heavy atom. The van der Waals surface area contributed by atoms with E-state index >= 15 is 0 Å². The number of hydrogen-bond acceptors (Lipinski definition) is 2. The lowest BCUT2D eigenvalue weighted by molar-refractivity contribution is 0.632. The van der Waals surface area contributed by atoms with E-state index in [0.717, 1.165) is 17.8 Å². The lowest BCUT2D eigenvalue weighted by Gasteiger charge is -2.42. The second-order valence-corrected chi connectivity index (χ2v) is 13.8. The van der Waals surface area contributed by atoms with Crippen molar-refractivity contribution in [2.24, 2.45) is 0 Å². The van der Waals surface area contributed by atoms with Crippen LogP contribution in [0.15, 0.2) is 170 Å². The van der Waals surface area contributed by atoms with Crippen LogP contribution in [0.1, 0.15) is 42.9 Å². The molecule has 2 nitrogen and oxygen atoms in total. The van der Waals surface area contributed by atoms with Crippen molar-refractivity contribution in [3.05, 3.63) is 187 Å². The van der Waals surface area contributed by atoms with Crippen LogP contribution in [0.25, 0.3) is 32.7 Å². The molecule has 0 fully saturated rings. The van der Waals surface area contributed by atoms with Gasteiger partial charge in [0, 0.05) is 33.5 Å². The first-order valence-corrected chi connectivity index (χ1v) is 17.3. The molecule has 7 aromatic carbocycles. The number of benzene rings is 7. The van der Waals surface area contributed by atoms with Gasteiger partial charge in [-0.1, -0.05) is 141 Å². The molecule has 0 bridgehead atoms. The Morgan fingerprint density at radius 2 is 1.20 bits per heavy atom. The van der Waals surface area contributed by atoms with E-state index in [1.54, 1.807) is 0 Å². The normalized spacial score (nSPS) is 16.0. The molecule has 1 N–H and O–H groups in total. The van der Waals surface area contributed by atoms with E-state index in [1.165, 1.54) is 66.4 Å². The Bertz CT molecular complexity index is 2440.